The number of carbonyl (C=O) groups excluding carboxylic acids is 3. The fourth-order valence-corrected chi connectivity index (χ4v) is 3.08. The molecule has 28 heavy (non-hydrogen) atoms. The Hall–Kier alpha value is -3.22. The normalized spacial score (nSPS) is 16.2. The van der Waals surface area contributed by atoms with Crippen LogP contribution in [-0.4, -0.2) is 37.9 Å². The van der Waals surface area contributed by atoms with E-state index < -0.39 is 30.1 Å². The van der Waals surface area contributed by atoms with E-state index in [4.69, 9.17) is 9.47 Å². The molecule has 6 nitrogen and oxygen atoms in total. The number of nitrogens with zero attached hydrogens (tertiary/aromatic N) is 1. The SMILES string of the molecule is COc1ccc(C)cc1N1C[C@@H](C(=O)OCC(=O)c2ccc(F)cc2)CC1=O. The smallest absolute Gasteiger partial charge is 0.311 e. The molecule has 1 heterocycles. The number of ketones is 1. The van der Waals surface area contributed by atoms with Crippen LogP contribution in [0.1, 0.15) is 22.3 Å². The fraction of sp³-hybridized carbons (Fsp3) is 0.286. The molecule has 0 aromatic heterocycles. The van der Waals surface area contributed by atoms with Gasteiger partial charge in [0.15, 0.2) is 12.4 Å². The number of methoxy groups -OCH3 is 1. The van der Waals surface area contributed by atoms with E-state index >= 15 is 0 Å². The number of Topliss-reactive ketones (excluding diaryl/α,β-unsaturated/α-hetero) is 1. The van der Waals surface area contributed by atoms with Crippen LogP contribution < -0.4 is 9.64 Å². The molecule has 1 fully saturated rings. The van der Waals surface area contributed by atoms with E-state index in [1.54, 1.807) is 6.07 Å². The number of carbonyl (C=O) groups is 3. The third-order valence-corrected chi connectivity index (χ3v) is 4.60. The van der Waals surface area contributed by atoms with Crippen LogP contribution in [0.2, 0.25) is 0 Å². The lowest BCUT2D eigenvalue weighted by molar-refractivity contribution is -0.147. The molecule has 0 spiro atoms. The first-order valence-corrected chi connectivity index (χ1v) is 8.79. The maximum Gasteiger partial charge on any atom is 0.311 e. The highest BCUT2D eigenvalue weighted by atomic mass is 19.1. The van der Waals surface area contributed by atoms with Crippen molar-refractivity contribution < 1.29 is 28.2 Å². The van der Waals surface area contributed by atoms with Crippen molar-refractivity contribution in [1.29, 1.82) is 0 Å². The van der Waals surface area contributed by atoms with Gasteiger partial charge in [-0.1, -0.05) is 6.07 Å². The van der Waals surface area contributed by atoms with Crippen LogP contribution in [0.25, 0.3) is 0 Å². The maximum atomic E-state index is 12.9. The van der Waals surface area contributed by atoms with Crippen molar-refractivity contribution in [2.45, 2.75) is 13.3 Å². The molecule has 1 atom stereocenters. The van der Waals surface area contributed by atoms with E-state index in [1.165, 1.54) is 24.1 Å². The Bertz CT molecular complexity index is 910. The monoisotopic (exact) mass is 385 g/mol. The zero-order valence-electron chi connectivity index (χ0n) is 15.6. The largest absolute Gasteiger partial charge is 0.495 e. The zero-order valence-corrected chi connectivity index (χ0v) is 15.6. The summed E-state index contributed by atoms with van der Waals surface area (Å²) in [4.78, 5) is 38.3. The Morgan fingerprint density at radius 3 is 2.57 bits per heavy atom. The highest BCUT2D eigenvalue weighted by Gasteiger charge is 2.37. The Morgan fingerprint density at radius 2 is 1.89 bits per heavy atom. The number of hydrogen-bond acceptors (Lipinski definition) is 5. The number of amides is 1. The first kappa shape index (κ1) is 19.5. The number of aryl methyl sites for hydroxylation is 1. The maximum absolute atomic E-state index is 12.9. The van der Waals surface area contributed by atoms with Crippen LogP contribution >= 0.6 is 0 Å². The van der Waals surface area contributed by atoms with Gasteiger partial charge in [-0.15, -0.1) is 0 Å². The molecule has 1 amide bonds. The van der Waals surface area contributed by atoms with E-state index in [1.807, 2.05) is 19.1 Å². The van der Waals surface area contributed by atoms with E-state index in [0.29, 0.717) is 11.4 Å². The Labute approximate surface area is 161 Å². The van der Waals surface area contributed by atoms with E-state index in [-0.39, 0.29) is 24.4 Å². The van der Waals surface area contributed by atoms with Crippen LogP contribution in [0, 0.1) is 18.7 Å². The summed E-state index contributed by atoms with van der Waals surface area (Å²) in [5, 5.41) is 0. The summed E-state index contributed by atoms with van der Waals surface area (Å²) in [5.74, 6) is -1.84. The molecule has 0 aliphatic carbocycles. The number of benzene rings is 2. The summed E-state index contributed by atoms with van der Waals surface area (Å²) in [7, 11) is 1.52. The first-order chi connectivity index (χ1) is 13.4. The van der Waals surface area contributed by atoms with Crippen LogP contribution in [0.15, 0.2) is 42.5 Å². The predicted octanol–water partition coefficient (Wildman–Crippen LogP) is 2.92. The van der Waals surface area contributed by atoms with Crippen molar-refractivity contribution in [2.24, 2.45) is 5.92 Å². The molecule has 0 N–H and O–H groups in total. The minimum atomic E-state index is -0.668. The summed E-state index contributed by atoms with van der Waals surface area (Å²) in [6, 6.07) is 10.4. The van der Waals surface area contributed by atoms with Gasteiger partial charge in [-0.05, 0) is 48.9 Å². The van der Waals surface area contributed by atoms with Gasteiger partial charge < -0.3 is 14.4 Å². The highest BCUT2D eigenvalue weighted by molar-refractivity contribution is 6.01. The van der Waals surface area contributed by atoms with Crippen molar-refractivity contribution in [1.82, 2.24) is 0 Å². The second kappa shape index (κ2) is 8.21. The third-order valence-electron chi connectivity index (χ3n) is 4.60. The summed E-state index contributed by atoms with van der Waals surface area (Å²) in [6.45, 7) is 1.60. The quantitative estimate of drug-likeness (QED) is 0.565. The summed E-state index contributed by atoms with van der Waals surface area (Å²) in [6.07, 6.45) is 0.000663. The van der Waals surface area contributed by atoms with Crippen molar-refractivity contribution in [2.75, 3.05) is 25.2 Å². The molecule has 2 aromatic rings. The minimum Gasteiger partial charge on any atom is -0.495 e. The number of esters is 1. The fourth-order valence-electron chi connectivity index (χ4n) is 3.08. The molecule has 1 saturated heterocycles. The van der Waals surface area contributed by atoms with Crippen LogP contribution in [0.5, 0.6) is 5.75 Å². The lowest BCUT2D eigenvalue weighted by Gasteiger charge is -2.20. The standard InChI is InChI=1S/C21H20FNO5/c1-13-3-8-19(27-2)17(9-13)23-11-15(10-20(23)25)21(26)28-12-18(24)14-4-6-16(22)7-5-14/h3-9,15H,10-12H2,1-2H3/t15-/m0/s1. The topological polar surface area (TPSA) is 72.9 Å². The van der Waals surface area contributed by atoms with Gasteiger partial charge in [0.05, 0.1) is 18.7 Å². The van der Waals surface area contributed by atoms with Gasteiger partial charge in [0, 0.05) is 18.5 Å². The van der Waals surface area contributed by atoms with Gasteiger partial charge in [-0.25, -0.2) is 4.39 Å². The summed E-state index contributed by atoms with van der Waals surface area (Å²) >= 11 is 0. The molecule has 3 rings (SSSR count). The molecular weight excluding hydrogens is 365 g/mol. The van der Waals surface area contributed by atoms with E-state index in [9.17, 15) is 18.8 Å². The number of halogens is 1. The van der Waals surface area contributed by atoms with Crippen molar-refractivity contribution in [3.8, 4) is 5.75 Å². The number of ether oxygens (including phenoxy) is 2. The first-order valence-electron chi connectivity index (χ1n) is 8.79. The van der Waals surface area contributed by atoms with Gasteiger partial charge in [-0.2, -0.15) is 0 Å². The molecule has 0 saturated carbocycles. The van der Waals surface area contributed by atoms with Crippen molar-refractivity contribution in [3.05, 3.63) is 59.4 Å². The predicted molar refractivity (Wildman–Crippen MR) is 99.9 cm³/mol. The second-order valence-corrected chi connectivity index (χ2v) is 6.62. The van der Waals surface area contributed by atoms with Gasteiger partial charge >= 0.3 is 5.97 Å². The average Bonchev–Trinajstić information content (AvgIpc) is 3.08. The van der Waals surface area contributed by atoms with Crippen LogP contribution in [-0.2, 0) is 14.3 Å². The summed E-state index contributed by atoms with van der Waals surface area (Å²) in [5.41, 5.74) is 1.81. The van der Waals surface area contributed by atoms with Crippen molar-refractivity contribution >= 4 is 23.3 Å². The van der Waals surface area contributed by atoms with Crippen LogP contribution in [0.3, 0.4) is 0 Å². The number of anilines is 1. The number of hydrogen-bond donors (Lipinski definition) is 0. The Balaban J connectivity index is 1.63. The van der Waals surface area contributed by atoms with Gasteiger partial charge in [0.25, 0.3) is 0 Å². The molecular formula is C21H20FNO5. The zero-order chi connectivity index (χ0) is 20.3. The van der Waals surface area contributed by atoms with Gasteiger partial charge in [0.2, 0.25) is 5.91 Å². The van der Waals surface area contributed by atoms with E-state index in [2.05, 4.69) is 0 Å². The third kappa shape index (κ3) is 4.19. The molecule has 0 radical (unpaired) electrons. The summed E-state index contributed by atoms with van der Waals surface area (Å²) < 4.78 is 23.3. The van der Waals surface area contributed by atoms with Crippen LogP contribution in [0.4, 0.5) is 10.1 Å². The lowest BCUT2D eigenvalue weighted by Crippen LogP contribution is -2.27. The molecule has 1 aliphatic rings. The Kier molecular flexibility index (Phi) is 5.73. The molecule has 7 heteroatoms. The highest BCUT2D eigenvalue weighted by Crippen LogP contribution is 2.34. The molecule has 0 bridgehead atoms. The molecule has 0 unspecified atom stereocenters. The average molecular weight is 385 g/mol. The van der Waals surface area contributed by atoms with Gasteiger partial charge in [0.1, 0.15) is 11.6 Å². The second-order valence-electron chi connectivity index (χ2n) is 6.62. The number of rotatable bonds is 6. The van der Waals surface area contributed by atoms with Crippen molar-refractivity contribution in [3.63, 3.8) is 0 Å². The lowest BCUT2D eigenvalue weighted by atomic mass is 10.1. The molecule has 1 aliphatic heterocycles. The molecule has 2 aromatic carbocycles. The minimum absolute atomic E-state index is 0.000663. The Morgan fingerprint density at radius 1 is 1.18 bits per heavy atom. The molecule has 146 valence electrons. The van der Waals surface area contributed by atoms with Gasteiger partial charge in [-0.3, -0.25) is 14.4 Å². The van der Waals surface area contributed by atoms with E-state index in [0.717, 1.165) is 17.7 Å².